The van der Waals surface area contributed by atoms with Gasteiger partial charge in [-0.1, -0.05) is 0 Å². The van der Waals surface area contributed by atoms with Gasteiger partial charge in [-0.3, -0.25) is 0 Å². The highest BCUT2D eigenvalue weighted by atomic mass is 15.1. The van der Waals surface area contributed by atoms with Crippen LogP contribution < -0.4 is 4.90 Å². The Balaban J connectivity index is 2.79. The molecule has 0 N–H and O–H groups in total. The molecule has 4 heteroatoms. The molecule has 0 spiro atoms. The van der Waals surface area contributed by atoms with E-state index in [2.05, 4.69) is 11.1 Å². The van der Waals surface area contributed by atoms with Gasteiger partial charge in [0.1, 0.15) is 11.8 Å². The van der Waals surface area contributed by atoms with Gasteiger partial charge in [0.05, 0.1) is 24.4 Å². The van der Waals surface area contributed by atoms with E-state index in [0.717, 1.165) is 5.69 Å². The van der Waals surface area contributed by atoms with Crippen molar-refractivity contribution in [1.82, 2.24) is 4.98 Å². The van der Waals surface area contributed by atoms with Crippen molar-refractivity contribution in [2.75, 3.05) is 11.9 Å². The van der Waals surface area contributed by atoms with Crippen molar-refractivity contribution >= 4 is 5.69 Å². The number of rotatable bonds is 3. The highest BCUT2D eigenvalue weighted by molar-refractivity contribution is 5.46. The fraction of sp³-hybridized carbons (Fsp3) is 0.364. The monoisotopic (exact) mass is 200 g/mol. The molecule has 1 aromatic rings. The molecule has 0 aliphatic carbocycles. The molecular weight excluding hydrogens is 188 g/mol. The van der Waals surface area contributed by atoms with Gasteiger partial charge in [-0.15, -0.1) is 0 Å². The molecule has 0 fully saturated rings. The van der Waals surface area contributed by atoms with E-state index < -0.39 is 0 Å². The average molecular weight is 200 g/mol. The summed E-state index contributed by atoms with van der Waals surface area (Å²) < 4.78 is 0. The van der Waals surface area contributed by atoms with Crippen molar-refractivity contribution in [3.63, 3.8) is 0 Å². The third-order valence-corrected chi connectivity index (χ3v) is 2.32. The summed E-state index contributed by atoms with van der Waals surface area (Å²) in [5.74, 6) is 0. The summed E-state index contributed by atoms with van der Waals surface area (Å²) in [6.07, 6.45) is 2.11. The first-order chi connectivity index (χ1) is 7.19. The predicted molar refractivity (Wildman–Crippen MR) is 57.0 cm³/mol. The van der Waals surface area contributed by atoms with Gasteiger partial charge in [-0.2, -0.15) is 10.5 Å². The lowest BCUT2D eigenvalue weighted by atomic mass is 10.2. The molecule has 15 heavy (non-hydrogen) atoms. The standard InChI is InChI=1S/C11H12N4/c1-9(5-6-12)15(2)11-4-3-10(7-13)14-8-11/h3-4,8-9H,5H2,1-2H3. The van der Waals surface area contributed by atoms with Crippen molar-refractivity contribution in [2.24, 2.45) is 0 Å². The molecule has 0 saturated heterocycles. The average Bonchev–Trinajstić information content (AvgIpc) is 2.28. The van der Waals surface area contributed by atoms with Crippen LogP contribution in [-0.4, -0.2) is 18.1 Å². The number of hydrogen-bond acceptors (Lipinski definition) is 4. The predicted octanol–water partition coefficient (Wildman–Crippen LogP) is 1.69. The zero-order valence-electron chi connectivity index (χ0n) is 8.81. The van der Waals surface area contributed by atoms with Crippen molar-refractivity contribution in [1.29, 1.82) is 10.5 Å². The van der Waals surface area contributed by atoms with Gasteiger partial charge in [-0.25, -0.2) is 4.98 Å². The van der Waals surface area contributed by atoms with Crippen LogP contribution in [0.5, 0.6) is 0 Å². The van der Waals surface area contributed by atoms with E-state index in [1.807, 2.05) is 31.0 Å². The van der Waals surface area contributed by atoms with Crippen LogP contribution in [0.3, 0.4) is 0 Å². The normalized spacial score (nSPS) is 11.2. The molecule has 76 valence electrons. The van der Waals surface area contributed by atoms with E-state index in [0.29, 0.717) is 12.1 Å². The Bertz CT molecular complexity index is 396. The van der Waals surface area contributed by atoms with Gasteiger partial charge in [0.2, 0.25) is 0 Å². The molecular formula is C11H12N4. The fourth-order valence-electron chi connectivity index (χ4n) is 1.18. The van der Waals surface area contributed by atoms with Crippen LogP contribution in [0.15, 0.2) is 18.3 Å². The summed E-state index contributed by atoms with van der Waals surface area (Å²) in [6, 6.07) is 7.74. The van der Waals surface area contributed by atoms with Crippen LogP contribution in [0.4, 0.5) is 5.69 Å². The van der Waals surface area contributed by atoms with Crippen LogP contribution >= 0.6 is 0 Å². The second-order valence-corrected chi connectivity index (χ2v) is 3.34. The highest BCUT2D eigenvalue weighted by Gasteiger charge is 2.09. The number of aromatic nitrogens is 1. The van der Waals surface area contributed by atoms with Gasteiger partial charge in [-0.05, 0) is 19.1 Å². The smallest absolute Gasteiger partial charge is 0.140 e. The Kier molecular flexibility index (Phi) is 3.65. The molecule has 1 heterocycles. The van der Waals surface area contributed by atoms with Crippen LogP contribution in [0, 0.1) is 22.7 Å². The van der Waals surface area contributed by atoms with Crippen molar-refractivity contribution in [2.45, 2.75) is 19.4 Å². The first-order valence-corrected chi connectivity index (χ1v) is 4.65. The Morgan fingerprint density at radius 2 is 2.20 bits per heavy atom. The van der Waals surface area contributed by atoms with Gasteiger partial charge >= 0.3 is 0 Å². The maximum absolute atomic E-state index is 8.59. The van der Waals surface area contributed by atoms with E-state index in [1.165, 1.54) is 0 Å². The Morgan fingerprint density at radius 1 is 1.47 bits per heavy atom. The summed E-state index contributed by atoms with van der Waals surface area (Å²) in [6.45, 7) is 1.97. The van der Waals surface area contributed by atoms with Gasteiger partial charge in [0, 0.05) is 13.1 Å². The van der Waals surface area contributed by atoms with Crippen molar-refractivity contribution in [3.05, 3.63) is 24.0 Å². The minimum absolute atomic E-state index is 0.143. The number of pyridine rings is 1. The van der Waals surface area contributed by atoms with Crippen LogP contribution in [0.25, 0.3) is 0 Å². The quantitative estimate of drug-likeness (QED) is 0.744. The summed E-state index contributed by atoms with van der Waals surface area (Å²) in [7, 11) is 1.91. The summed E-state index contributed by atoms with van der Waals surface area (Å²) in [5.41, 5.74) is 1.32. The van der Waals surface area contributed by atoms with Crippen molar-refractivity contribution < 1.29 is 0 Å². The highest BCUT2D eigenvalue weighted by Crippen LogP contribution is 2.15. The lowest BCUT2D eigenvalue weighted by molar-refractivity contribution is 0.701. The van der Waals surface area contributed by atoms with E-state index in [1.54, 1.807) is 12.3 Å². The molecule has 0 aromatic carbocycles. The summed E-state index contributed by atoms with van der Waals surface area (Å²) in [4.78, 5) is 5.94. The first-order valence-electron chi connectivity index (χ1n) is 4.65. The Labute approximate surface area is 89.4 Å². The number of nitriles is 2. The summed E-state index contributed by atoms with van der Waals surface area (Å²) >= 11 is 0. The van der Waals surface area contributed by atoms with Crippen LogP contribution in [-0.2, 0) is 0 Å². The second-order valence-electron chi connectivity index (χ2n) is 3.34. The minimum atomic E-state index is 0.143. The van der Waals surface area contributed by atoms with Gasteiger partial charge in [0.25, 0.3) is 0 Å². The third kappa shape index (κ3) is 2.69. The van der Waals surface area contributed by atoms with Crippen LogP contribution in [0.1, 0.15) is 19.0 Å². The lowest BCUT2D eigenvalue weighted by Crippen LogP contribution is -2.28. The van der Waals surface area contributed by atoms with E-state index in [9.17, 15) is 0 Å². The number of anilines is 1. The zero-order chi connectivity index (χ0) is 11.3. The lowest BCUT2D eigenvalue weighted by Gasteiger charge is -2.24. The second kappa shape index (κ2) is 4.97. The molecule has 0 aliphatic heterocycles. The molecule has 1 aromatic heterocycles. The third-order valence-electron chi connectivity index (χ3n) is 2.32. The maximum Gasteiger partial charge on any atom is 0.140 e. The molecule has 0 bridgehead atoms. The molecule has 0 radical (unpaired) electrons. The van der Waals surface area contributed by atoms with E-state index in [4.69, 9.17) is 10.5 Å². The van der Waals surface area contributed by atoms with Crippen molar-refractivity contribution in [3.8, 4) is 12.1 Å². The topological polar surface area (TPSA) is 63.7 Å². The SMILES string of the molecule is CC(CC#N)N(C)c1ccc(C#N)nc1. The van der Waals surface area contributed by atoms with Gasteiger partial charge < -0.3 is 4.90 Å². The molecule has 1 rings (SSSR count). The first kappa shape index (κ1) is 11.0. The Hall–Kier alpha value is -2.07. The van der Waals surface area contributed by atoms with Gasteiger partial charge in [0.15, 0.2) is 0 Å². The largest absolute Gasteiger partial charge is 0.370 e. The minimum Gasteiger partial charge on any atom is -0.370 e. The van der Waals surface area contributed by atoms with E-state index in [-0.39, 0.29) is 6.04 Å². The summed E-state index contributed by atoms with van der Waals surface area (Å²) in [5, 5.41) is 17.2. The zero-order valence-corrected chi connectivity index (χ0v) is 8.81. The Morgan fingerprint density at radius 3 is 2.67 bits per heavy atom. The number of hydrogen-bond donors (Lipinski definition) is 0. The molecule has 1 unspecified atom stereocenters. The van der Waals surface area contributed by atoms with Crippen LogP contribution in [0.2, 0.25) is 0 Å². The molecule has 1 atom stereocenters. The molecule has 4 nitrogen and oxygen atoms in total. The maximum atomic E-state index is 8.59. The number of nitrogens with zero attached hydrogens (tertiary/aromatic N) is 4. The fourth-order valence-corrected chi connectivity index (χ4v) is 1.18. The molecule has 0 amide bonds. The van der Waals surface area contributed by atoms with E-state index >= 15 is 0 Å². The molecule has 0 saturated carbocycles. The molecule has 0 aliphatic rings.